The van der Waals surface area contributed by atoms with Gasteiger partial charge in [-0.3, -0.25) is 9.40 Å². The van der Waals surface area contributed by atoms with Gasteiger partial charge in [0.25, 0.3) is 0 Å². The van der Waals surface area contributed by atoms with E-state index in [0.717, 1.165) is 16.6 Å². The van der Waals surface area contributed by atoms with Gasteiger partial charge < -0.3 is 0 Å². The smallest absolute Gasteiger partial charge is 0.0738 e. The maximum absolute atomic E-state index is 5.89. The Morgan fingerprint density at radius 1 is 1.29 bits per heavy atom. The van der Waals surface area contributed by atoms with E-state index in [1.54, 1.807) is 13.2 Å². The molecule has 14 heavy (non-hydrogen) atoms. The van der Waals surface area contributed by atoms with Crippen molar-refractivity contribution in [2.45, 2.75) is 0 Å². The highest BCUT2D eigenvalue weighted by molar-refractivity contribution is 6.31. The molecule has 4 heteroatoms. The third-order valence-electron chi connectivity index (χ3n) is 2.01. The molecule has 0 saturated heterocycles. The summed E-state index contributed by atoms with van der Waals surface area (Å²) in [6.45, 7) is 0. The number of aromatic nitrogens is 1. The Balaban J connectivity index is 2.75. The first-order valence-electron chi connectivity index (χ1n) is 4.12. The Bertz CT molecular complexity index is 469. The predicted octanol–water partition coefficient (Wildman–Crippen LogP) is 3.48. The Kier molecular flexibility index (Phi) is 2.48. The Morgan fingerprint density at radius 2 is 2.07 bits per heavy atom. The van der Waals surface area contributed by atoms with Crippen molar-refractivity contribution in [2.75, 3.05) is 11.5 Å². The lowest BCUT2D eigenvalue weighted by molar-refractivity contribution is 1.33. The first kappa shape index (κ1) is 9.56. The second-order valence-electron chi connectivity index (χ2n) is 2.97. The maximum Gasteiger partial charge on any atom is 0.0738 e. The quantitative estimate of drug-likeness (QED) is 0.693. The number of anilines is 1. The summed E-state index contributed by atoms with van der Waals surface area (Å²) in [4.78, 5) is 4.22. The van der Waals surface area contributed by atoms with Gasteiger partial charge >= 0.3 is 0 Å². The Labute approximate surface area is 92.2 Å². The molecule has 0 bridgehead atoms. The highest BCUT2D eigenvalue weighted by atomic mass is 35.5. The van der Waals surface area contributed by atoms with E-state index in [9.17, 15) is 0 Å². The van der Waals surface area contributed by atoms with Crippen LogP contribution in [0.5, 0.6) is 0 Å². The summed E-state index contributed by atoms with van der Waals surface area (Å²) < 4.78 is 1.54. The van der Waals surface area contributed by atoms with Gasteiger partial charge in [0, 0.05) is 35.4 Å². The van der Waals surface area contributed by atoms with Crippen LogP contribution in [0.25, 0.3) is 10.9 Å². The fraction of sp³-hybridized carbons (Fsp3) is 0.100. The van der Waals surface area contributed by atoms with E-state index in [2.05, 4.69) is 4.98 Å². The molecule has 72 valence electrons. The summed E-state index contributed by atoms with van der Waals surface area (Å²) in [5.74, 6) is 0. The summed E-state index contributed by atoms with van der Waals surface area (Å²) in [7, 11) is 1.78. The van der Waals surface area contributed by atoms with Crippen molar-refractivity contribution >= 4 is 40.0 Å². The lowest BCUT2D eigenvalue weighted by Gasteiger charge is -2.11. The zero-order valence-electron chi connectivity index (χ0n) is 7.54. The van der Waals surface area contributed by atoms with Gasteiger partial charge in [-0.15, -0.1) is 0 Å². The topological polar surface area (TPSA) is 16.1 Å². The molecule has 2 nitrogen and oxygen atoms in total. The molecule has 1 heterocycles. The molecule has 0 radical (unpaired) electrons. The molecule has 0 aliphatic carbocycles. The van der Waals surface area contributed by atoms with Crippen LogP contribution in [0.2, 0.25) is 5.02 Å². The van der Waals surface area contributed by atoms with E-state index in [0.29, 0.717) is 5.02 Å². The van der Waals surface area contributed by atoms with Gasteiger partial charge in [-0.25, -0.2) is 0 Å². The van der Waals surface area contributed by atoms with Gasteiger partial charge in [0.15, 0.2) is 0 Å². The zero-order chi connectivity index (χ0) is 10.1. The number of rotatable bonds is 1. The second kappa shape index (κ2) is 3.64. The van der Waals surface area contributed by atoms with E-state index < -0.39 is 0 Å². The molecule has 0 spiro atoms. The fourth-order valence-corrected chi connectivity index (χ4v) is 1.69. The number of hydrogen-bond donors (Lipinski definition) is 0. The molecular formula is C10H8Cl2N2. The molecule has 0 unspecified atom stereocenters. The predicted molar refractivity (Wildman–Crippen MR) is 61.0 cm³/mol. The molecule has 0 amide bonds. The number of hydrogen-bond acceptors (Lipinski definition) is 2. The van der Waals surface area contributed by atoms with E-state index >= 15 is 0 Å². The van der Waals surface area contributed by atoms with E-state index in [1.165, 1.54) is 4.42 Å². The van der Waals surface area contributed by atoms with Crippen LogP contribution < -0.4 is 4.42 Å². The minimum atomic E-state index is 0.680. The third-order valence-corrected chi connectivity index (χ3v) is 2.43. The lowest BCUT2D eigenvalue weighted by atomic mass is 10.2. The van der Waals surface area contributed by atoms with Crippen LogP contribution in [0.4, 0.5) is 5.69 Å². The molecule has 1 aromatic heterocycles. The summed E-state index contributed by atoms with van der Waals surface area (Å²) in [5, 5.41) is 1.67. The molecule has 1 aromatic carbocycles. The highest BCUT2D eigenvalue weighted by Crippen LogP contribution is 2.27. The van der Waals surface area contributed by atoms with Crippen molar-refractivity contribution in [3.8, 4) is 0 Å². The summed E-state index contributed by atoms with van der Waals surface area (Å²) in [6.07, 6.45) is 1.72. The average molecular weight is 227 g/mol. The number of halogens is 2. The van der Waals surface area contributed by atoms with Crippen LogP contribution in [0.1, 0.15) is 0 Å². The largest absolute Gasteiger partial charge is 0.288 e. The van der Waals surface area contributed by atoms with Crippen molar-refractivity contribution < 1.29 is 0 Å². The summed E-state index contributed by atoms with van der Waals surface area (Å²) >= 11 is 11.8. The molecule has 0 saturated carbocycles. The van der Waals surface area contributed by atoms with E-state index in [-0.39, 0.29) is 0 Å². The van der Waals surface area contributed by atoms with Gasteiger partial charge in [-0.1, -0.05) is 11.6 Å². The van der Waals surface area contributed by atoms with Crippen LogP contribution in [-0.2, 0) is 0 Å². The van der Waals surface area contributed by atoms with Crippen LogP contribution in [0.3, 0.4) is 0 Å². The van der Waals surface area contributed by atoms with Crippen molar-refractivity contribution in [2.24, 2.45) is 0 Å². The number of nitrogens with zero attached hydrogens (tertiary/aromatic N) is 2. The Hall–Kier alpha value is -0.990. The van der Waals surface area contributed by atoms with Gasteiger partial charge in [-0.2, -0.15) is 0 Å². The van der Waals surface area contributed by atoms with E-state index in [1.807, 2.05) is 24.3 Å². The molecular weight excluding hydrogens is 219 g/mol. The van der Waals surface area contributed by atoms with Crippen LogP contribution in [-0.4, -0.2) is 12.0 Å². The van der Waals surface area contributed by atoms with Gasteiger partial charge in [0.1, 0.15) is 0 Å². The van der Waals surface area contributed by atoms with E-state index in [4.69, 9.17) is 23.4 Å². The molecule has 2 rings (SSSR count). The minimum absolute atomic E-state index is 0.680. The normalized spacial score (nSPS) is 10.5. The number of benzene rings is 1. The lowest BCUT2D eigenvalue weighted by Crippen LogP contribution is -2.01. The first-order valence-corrected chi connectivity index (χ1v) is 4.84. The SMILES string of the molecule is CN(Cl)c1ccnc2cc(Cl)ccc12. The van der Waals surface area contributed by atoms with Crippen LogP contribution >= 0.6 is 23.4 Å². The zero-order valence-corrected chi connectivity index (χ0v) is 9.05. The maximum atomic E-state index is 5.89. The van der Waals surface area contributed by atoms with Crippen molar-refractivity contribution in [3.05, 3.63) is 35.5 Å². The molecule has 0 fully saturated rings. The van der Waals surface area contributed by atoms with Gasteiger partial charge in [0.2, 0.25) is 0 Å². The first-order chi connectivity index (χ1) is 6.68. The molecule has 0 aliphatic rings. The monoisotopic (exact) mass is 226 g/mol. The van der Waals surface area contributed by atoms with Crippen molar-refractivity contribution in [1.29, 1.82) is 0 Å². The van der Waals surface area contributed by atoms with Gasteiger partial charge in [-0.05, 0) is 24.3 Å². The molecule has 0 aliphatic heterocycles. The van der Waals surface area contributed by atoms with Crippen LogP contribution in [0, 0.1) is 0 Å². The summed E-state index contributed by atoms with van der Waals surface area (Å²) in [5.41, 5.74) is 1.77. The third kappa shape index (κ3) is 1.63. The minimum Gasteiger partial charge on any atom is -0.288 e. The van der Waals surface area contributed by atoms with Crippen LogP contribution in [0.15, 0.2) is 30.5 Å². The van der Waals surface area contributed by atoms with Crippen molar-refractivity contribution in [3.63, 3.8) is 0 Å². The molecule has 0 N–H and O–H groups in total. The second-order valence-corrected chi connectivity index (χ2v) is 3.91. The number of pyridine rings is 1. The molecule has 2 aromatic rings. The average Bonchev–Trinajstić information content (AvgIpc) is 2.16. The molecule has 0 atom stereocenters. The fourth-order valence-electron chi connectivity index (χ4n) is 1.37. The standard InChI is InChI=1S/C10H8Cl2N2/c1-14(12)10-4-5-13-9-6-7(11)2-3-8(9)10/h2-6H,1H3. The summed E-state index contributed by atoms with van der Waals surface area (Å²) in [6, 6.07) is 7.43. The number of fused-ring (bicyclic) bond motifs is 1. The Morgan fingerprint density at radius 3 is 2.79 bits per heavy atom. The van der Waals surface area contributed by atoms with Crippen molar-refractivity contribution in [1.82, 2.24) is 4.98 Å². The highest BCUT2D eigenvalue weighted by Gasteiger charge is 2.04. The van der Waals surface area contributed by atoms with Gasteiger partial charge in [0.05, 0.1) is 11.2 Å².